The maximum atomic E-state index is 5.33. The Morgan fingerprint density at radius 3 is 2.77 bits per heavy atom. The first-order valence-electron chi connectivity index (χ1n) is 4.30. The highest BCUT2D eigenvalue weighted by atomic mass is 16.3. The van der Waals surface area contributed by atoms with Gasteiger partial charge in [-0.2, -0.15) is 0 Å². The highest BCUT2D eigenvalue weighted by Gasteiger charge is 2.00. The molecular formula is C12H9O+. The molecule has 0 bridgehead atoms. The van der Waals surface area contributed by atoms with E-state index in [9.17, 15) is 0 Å². The van der Waals surface area contributed by atoms with Gasteiger partial charge in [-0.15, -0.1) is 0 Å². The van der Waals surface area contributed by atoms with Gasteiger partial charge in [-0.25, -0.2) is 0 Å². The van der Waals surface area contributed by atoms with Gasteiger partial charge in [0.1, 0.15) is 5.58 Å². The molecule has 0 N–H and O–H groups in total. The van der Waals surface area contributed by atoms with Gasteiger partial charge in [0.15, 0.2) is 0 Å². The Kier molecular flexibility index (Phi) is 1.22. The highest BCUT2D eigenvalue weighted by molar-refractivity contribution is 6.05. The summed E-state index contributed by atoms with van der Waals surface area (Å²) in [7, 11) is 0. The molecule has 13 heavy (non-hydrogen) atoms. The van der Waals surface area contributed by atoms with E-state index in [1.807, 2.05) is 18.2 Å². The van der Waals surface area contributed by atoms with Crippen LogP contribution in [0.15, 0.2) is 53.1 Å². The molecule has 62 valence electrons. The molecule has 0 saturated heterocycles. The van der Waals surface area contributed by atoms with E-state index >= 15 is 0 Å². The van der Waals surface area contributed by atoms with Gasteiger partial charge >= 0.3 is 1.43 Å². The maximum absolute atomic E-state index is 5.33. The third-order valence-electron chi connectivity index (χ3n) is 2.36. The highest BCUT2D eigenvalue weighted by Crippen LogP contribution is 2.25. The number of benzene rings is 2. The van der Waals surface area contributed by atoms with E-state index in [1.54, 1.807) is 6.26 Å². The zero-order valence-corrected chi connectivity index (χ0v) is 7.03. The van der Waals surface area contributed by atoms with Crippen LogP contribution < -0.4 is 0 Å². The molecule has 0 amide bonds. The molecule has 3 aromatic rings. The summed E-state index contributed by atoms with van der Waals surface area (Å²) >= 11 is 0. The molecule has 0 aliphatic carbocycles. The second kappa shape index (κ2) is 2.36. The molecule has 0 radical (unpaired) electrons. The van der Waals surface area contributed by atoms with E-state index in [0.717, 1.165) is 5.58 Å². The van der Waals surface area contributed by atoms with Crippen molar-refractivity contribution in [1.82, 2.24) is 0 Å². The monoisotopic (exact) mass is 169 g/mol. The van der Waals surface area contributed by atoms with Crippen molar-refractivity contribution in [3.05, 3.63) is 48.7 Å². The topological polar surface area (TPSA) is 13.1 Å². The predicted molar refractivity (Wildman–Crippen MR) is 54.8 cm³/mol. The van der Waals surface area contributed by atoms with Crippen LogP contribution >= 0.6 is 0 Å². The summed E-state index contributed by atoms with van der Waals surface area (Å²) in [5, 5.41) is 3.71. The molecule has 0 spiro atoms. The van der Waals surface area contributed by atoms with Crippen LogP contribution in [0.25, 0.3) is 21.7 Å². The molecule has 3 rings (SSSR count). The minimum Gasteiger partial charge on any atom is -0.464 e. The number of rotatable bonds is 0. The van der Waals surface area contributed by atoms with E-state index in [-0.39, 0.29) is 1.43 Å². The number of furan rings is 1. The molecule has 2 aromatic carbocycles. The quantitative estimate of drug-likeness (QED) is 0.500. The van der Waals surface area contributed by atoms with Crippen molar-refractivity contribution in [2.75, 3.05) is 0 Å². The lowest BCUT2D eigenvalue weighted by atomic mass is 10.1. The second-order valence-corrected chi connectivity index (χ2v) is 3.12. The third kappa shape index (κ3) is 0.872. The molecule has 1 nitrogen and oxygen atoms in total. The summed E-state index contributed by atoms with van der Waals surface area (Å²) in [6, 6.07) is 14.4. The third-order valence-corrected chi connectivity index (χ3v) is 2.36. The molecule has 0 unspecified atom stereocenters. The SMILES string of the molecule is [H+].c1ccc2c(c1)ccc1occc12. The molecule has 0 aliphatic heterocycles. The van der Waals surface area contributed by atoms with E-state index in [2.05, 4.69) is 24.3 Å². The van der Waals surface area contributed by atoms with Gasteiger partial charge in [0.05, 0.1) is 6.26 Å². The van der Waals surface area contributed by atoms with Gasteiger partial charge < -0.3 is 4.42 Å². The first kappa shape index (κ1) is 6.72. The average molecular weight is 169 g/mol. The van der Waals surface area contributed by atoms with Crippen molar-refractivity contribution < 1.29 is 5.84 Å². The lowest BCUT2D eigenvalue weighted by Crippen LogP contribution is -1.71. The van der Waals surface area contributed by atoms with Gasteiger partial charge in [0.2, 0.25) is 0 Å². The minimum atomic E-state index is 0. The van der Waals surface area contributed by atoms with E-state index in [0.29, 0.717) is 0 Å². The molecule has 1 heteroatoms. The van der Waals surface area contributed by atoms with Crippen molar-refractivity contribution in [2.45, 2.75) is 0 Å². The van der Waals surface area contributed by atoms with Gasteiger partial charge in [-0.05, 0) is 22.9 Å². The second-order valence-electron chi connectivity index (χ2n) is 3.12. The van der Waals surface area contributed by atoms with Crippen LogP contribution in [0.3, 0.4) is 0 Å². The van der Waals surface area contributed by atoms with Gasteiger partial charge in [-0.3, -0.25) is 0 Å². The molecule has 1 heterocycles. The zero-order chi connectivity index (χ0) is 8.67. The Balaban J connectivity index is 0.000000750. The van der Waals surface area contributed by atoms with Crippen molar-refractivity contribution in [2.24, 2.45) is 0 Å². The minimum absolute atomic E-state index is 0. The van der Waals surface area contributed by atoms with Crippen LogP contribution in [-0.4, -0.2) is 0 Å². The zero-order valence-electron chi connectivity index (χ0n) is 8.03. The Morgan fingerprint density at radius 2 is 1.77 bits per heavy atom. The molecule has 0 atom stereocenters. The fourth-order valence-electron chi connectivity index (χ4n) is 1.73. The predicted octanol–water partition coefficient (Wildman–Crippen LogP) is 3.70. The summed E-state index contributed by atoms with van der Waals surface area (Å²) in [4.78, 5) is 0. The van der Waals surface area contributed by atoms with E-state index in [4.69, 9.17) is 4.42 Å². The summed E-state index contributed by atoms with van der Waals surface area (Å²) < 4.78 is 5.33. The van der Waals surface area contributed by atoms with Gasteiger partial charge in [0.25, 0.3) is 0 Å². The Hall–Kier alpha value is -1.76. The Bertz CT molecular complexity index is 568. The van der Waals surface area contributed by atoms with E-state index in [1.165, 1.54) is 16.2 Å². The lowest BCUT2D eigenvalue weighted by molar-refractivity contribution is 0.616. The summed E-state index contributed by atoms with van der Waals surface area (Å²) in [6.07, 6.45) is 1.73. The van der Waals surface area contributed by atoms with Crippen LogP contribution in [-0.2, 0) is 0 Å². The molecule has 0 aliphatic rings. The average Bonchev–Trinajstić information content (AvgIpc) is 2.65. The summed E-state index contributed by atoms with van der Waals surface area (Å²) in [5.41, 5.74) is 0.957. The standard InChI is InChI=1S/C12H8O/c1-2-4-10-9(3-1)5-6-12-11(10)7-8-13-12/h1-8H/p+1. The fraction of sp³-hybridized carbons (Fsp3) is 0. The molecule has 0 saturated carbocycles. The normalized spacial score (nSPS) is 11.1. The van der Waals surface area contributed by atoms with Gasteiger partial charge in [0, 0.05) is 5.39 Å². The summed E-state index contributed by atoms with van der Waals surface area (Å²) in [6.45, 7) is 0. The molecular weight excluding hydrogens is 160 g/mol. The van der Waals surface area contributed by atoms with Crippen LogP contribution in [0, 0.1) is 0 Å². The van der Waals surface area contributed by atoms with Crippen LogP contribution in [0.2, 0.25) is 0 Å². The van der Waals surface area contributed by atoms with Crippen LogP contribution in [0.5, 0.6) is 0 Å². The fourth-order valence-corrected chi connectivity index (χ4v) is 1.73. The van der Waals surface area contributed by atoms with Crippen LogP contribution in [0.1, 0.15) is 1.43 Å². The largest absolute Gasteiger partial charge is 1.00 e. The Morgan fingerprint density at radius 1 is 0.846 bits per heavy atom. The maximum Gasteiger partial charge on any atom is 1.00 e. The lowest BCUT2D eigenvalue weighted by Gasteiger charge is -1.96. The van der Waals surface area contributed by atoms with Crippen molar-refractivity contribution in [3.63, 3.8) is 0 Å². The van der Waals surface area contributed by atoms with Gasteiger partial charge in [-0.1, -0.05) is 30.3 Å². The first-order valence-corrected chi connectivity index (χ1v) is 4.30. The Labute approximate surface area is 77.1 Å². The van der Waals surface area contributed by atoms with Crippen molar-refractivity contribution in [3.8, 4) is 0 Å². The van der Waals surface area contributed by atoms with Crippen LogP contribution in [0.4, 0.5) is 0 Å². The summed E-state index contributed by atoms with van der Waals surface area (Å²) in [5.74, 6) is 0. The molecule has 0 fully saturated rings. The van der Waals surface area contributed by atoms with Crippen molar-refractivity contribution >= 4 is 21.7 Å². The number of fused-ring (bicyclic) bond motifs is 3. The number of hydrogen-bond acceptors (Lipinski definition) is 1. The smallest absolute Gasteiger partial charge is 0.464 e. The number of hydrogen-bond donors (Lipinski definition) is 0. The van der Waals surface area contributed by atoms with Crippen molar-refractivity contribution in [1.29, 1.82) is 0 Å². The van der Waals surface area contributed by atoms with E-state index < -0.39 is 0 Å². The first-order chi connectivity index (χ1) is 6.45. The molecule has 1 aromatic heterocycles.